The van der Waals surface area contributed by atoms with Gasteiger partial charge in [0.1, 0.15) is 11.3 Å². The van der Waals surface area contributed by atoms with Crippen molar-refractivity contribution < 1.29 is 9.21 Å². The molecule has 0 aliphatic carbocycles. The number of nitrogen functional groups attached to an aromatic ring is 1. The Morgan fingerprint density at radius 1 is 1.30 bits per heavy atom. The van der Waals surface area contributed by atoms with Gasteiger partial charge >= 0.3 is 0 Å². The number of anilines is 1. The summed E-state index contributed by atoms with van der Waals surface area (Å²) in [4.78, 5) is 12.3. The highest BCUT2D eigenvalue weighted by Crippen LogP contribution is 2.37. The topological polar surface area (TPSA) is 92.0 Å². The van der Waals surface area contributed by atoms with E-state index in [9.17, 15) is 4.79 Å². The number of hydrogen-bond donors (Lipinski definition) is 2. The first-order valence-corrected chi connectivity index (χ1v) is 7.58. The van der Waals surface area contributed by atoms with Crippen LogP contribution in [-0.2, 0) is 0 Å². The average Bonchev–Trinajstić information content (AvgIpc) is 2.92. The van der Waals surface area contributed by atoms with Gasteiger partial charge in [0.15, 0.2) is 0 Å². The van der Waals surface area contributed by atoms with Crippen molar-refractivity contribution in [2.75, 3.05) is 12.8 Å². The molecule has 3 N–H and O–H groups in total. The van der Waals surface area contributed by atoms with Gasteiger partial charge in [-0.05, 0) is 36.4 Å². The number of nitrogens with one attached hydrogen (secondary N) is 1. The number of nitriles is 1. The van der Waals surface area contributed by atoms with Gasteiger partial charge < -0.3 is 15.5 Å². The number of carbonyl (C=O) groups excluding carboxylic acids is 1. The van der Waals surface area contributed by atoms with E-state index in [1.54, 1.807) is 31.3 Å². The Labute approximate surface area is 140 Å². The molecule has 0 bridgehead atoms. The molecule has 114 valence electrons. The number of hydrogen-bond acceptors (Lipinski definition) is 4. The second-order valence-corrected chi connectivity index (χ2v) is 5.86. The standard InChI is InChI=1S/C17H12BrN3O2/c1-21-17(22)15-12-7-10(18)3-5-14(12)23-16(15)11-4-2-9(8-19)6-13(11)20/h2-7H,20H2,1H3,(H,21,22). The fraction of sp³-hybridized carbons (Fsp3) is 0.0588. The van der Waals surface area contributed by atoms with Crippen molar-refractivity contribution in [1.29, 1.82) is 5.26 Å². The molecule has 0 spiro atoms. The Bertz CT molecular complexity index is 970. The van der Waals surface area contributed by atoms with Crippen molar-refractivity contribution in [2.24, 2.45) is 0 Å². The summed E-state index contributed by atoms with van der Waals surface area (Å²) in [6, 6.07) is 12.4. The van der Waals surface area contributed by atoms with Crippen LogP contribution in [0.1, 0.15) is 15.9 Å². The summed E-state index contributed by atoms with van der Waals surface area (Å²) in [5.41, 5.74) is 8.46. The maximum Gasteiger partial charge on any atom is 0.255 e. The van der Waals surface area contributed by atoms with E-state index in [-0.39, 0.29) is 5.91 Å². The Morgan fingerprint density at radius 3 is 2.74 bits per heavy atom. The Kier molecular flexibility index (Phi) is 3.80. The summed E-state index contributed by atoms with van der Waals surface area (Å²) in [7, 11) is 1.56. The molecule has 0 fully saturated rings. The third-order valence-corrected chi connectivity index (χ3v) is 4.02. The average molecular weight is 370 g/mol. The molecule has 0 radical (unpaired) electrons. The summed E-state index contributed by atoms with van der Waals surface area (Å²) in [5.74, 6) is 0.125. The quantitative estimate of drug-likeness (QED) is 0.673. The van der Waals surface area contributed by atoms with Crippen LogP contribution in [0.25, 0.3) is 22.3 Å². The first-order valence-electron chi connectivity index (χ1n) is 6.79. The third-order valence-electron chi connectivity index (χ3n) is 3.53. The summed E-state index contributed by atoms with van der Waals surface area (Å²) in [6.45, 7) is 0. The molecule has 0 unspecified atom stereocenters. The van der Waals surface area contributed by atoms with Crippen LogP contribution >= 0.6 is 15.9 Å². The first kappa shape index (κ1) is 15.1. The van der Waals surface area contributed by atoms with E-state index in [1.165, 1.54) is 0 Å². The van der Waals surface area contributed by atoms with Gasteiger partial charge in [-0.25, -0.2) is 0 Å². The van der Waals surface area contributed by atoms with Crippen LogP contribution in [-0.4, -0.2) is 13.0 Å². The summed E-state index contributed by atoms with van der Waals surface area (Å²) in [6.07, 6.45) is 0. The minimum Gasteiger partial charge on any atom is -0.455 e. The predicted octanol–water partition coefficient (Wildman–Crippen LogP) is 3.68. The zero-order valence-corrected chi connectivity index (χ0v) is 13.8. The van der Waals surface area contributed by atoms with Gasteiger partial charge in [-0.15, -0.1) is 0 Å². The van der Waals surface area contributed by atoms with Crippen LogP contribution in [0.2, 0.25) is 0 Å². The van der Waals surface area contributed by atoms with E-state index in [0.717, 1.165) is 4.47 Å². The molecule has 0 saturated heterocycles. The summed E-state index contributed by atoms with van der Waals surface area (Å²) in [5, 5.41) is 12.3. The van der Waals surface area contributed by atoms with Crippen LogP contribution in [0.15, 0.2) is 45.3 Å². The molecule has 0 saturated carbocycles. The Hall–Kier alpha value is -2.78. The van der Waals surface area contributed by atoms with Crippen LogP contribution in [0.5, 0.6) is 0 Å². The van der Waals surface area contributed by atoms with Gasteiger partial charge in [0.2, 0.25) is 0 Å². The van der Waals surface area contributed by atoms with Crippen LogP contribution in [0.3, 0.4) is 0 Å². The lowest BCUT2D eigenvalue weighted by Gasteiger charge is -2.06. The van der Waals surface area contributed by atoms with Gasteiger partial charge in [-0.3, -0.25) is 4.79 Å². The molecule has 1 aromatic heterocycles. The maximum atomic E-state index is 12.3. The molecular weight excluding hydrogens is 358 g/mol. The molecule has 1 amide bonds. The van der Waals surface area contributed by atoms with Crippen molar-refractivity contribution in [1.82, 2.24) is 5.32 Å². The number of amides is 1. The number of benzene rings is 2. The third kappa shape index (κ3) is 2.56. The van der Waals surface area contributed by atoms with E-state index in [1.807, 2.05) is 18.2 Å². The van der Waals surface area contributed by atoms with Gasteiger partial charge in [0.25, 0.3) is 5.91 Å². The molecule has 3 rings (SSSR count). The lowest BCUT2D eigenvalue weighted by molar-refractivity contribution is 0.0964. The molecule has 0 atom stereocenters. The van der Waals surface area contributed by atoms with E-state index < -0.39 is 0 Å². The highest BCUT2D eigenvalue weighted by atomic mass is 79.9. The van der Waals surface area contributed by atoms with Crippen molar-refractivity contribution in [2.45, 2.75) is 0 Å². The van der Waals surface area contributed by atoms with Gasteiger partial charge in [-0.1, -0.05) is 15.9 Å². The molecular formula is C17H12BrN3O2. The zero-order chi connectivity index (χ0) is 16.6. The predicted molar refractivity (Wildman–Crippen MR) is 91.9 cm³/mol. The second kappa shape index (κ2) is 5.78. The lowest BCUT2D eigenvalue weighted by Crippen LogP contribution is -2.18. The summed E-state index contributed by atoms with van der Waals surface area (Å²) >= 11 is 3.40. The zero-order valence-electron chi connectivity index (χ0n) is 12.2. The molecule has 5 nitrogen and oxygen atoms in total. The highest BCUT2D eigenvalue weighted by Gasteiger charge is 2.23. The van der Waals surface area contributed by atoms with Crippen molar-refractivity contribution in [3.8, 4) is 17.4 Å². The van der Waals surface area contributed by atoms with Gasteiger partial charge in [-0.2, -0.15) is 5.26 Å². The van der Waals surface area contributed by atoms with Crippen LogP contribution in [0, 0.1) is 11.3 Å². The van der Waals surface area contributed by atoms with E-state index in [4.69, 9.17) is 15.4 Å². The van der Waals surface area contributed by atoms with Crippen molar-refractivity contribution in [3.63, 3.8) is 0 Å². The molecule has 6 heteroatoms. The fourth-order valence-electron chi connectivity index (χ4n) is 2.45. The normalized spacial score (nSPS) is 10.5. The maximum absolute atomic E-state index is 12.3. The Morgan fingerprint density at radius 2 is 2.09 bits per heavy atom. The largest absolute Gasteiger partial charge is 0.455 e. The van der Waals surface area contributed by atoms with Gasteiger partial charge in [0.05, 0.1) is 17.2 Å². The fourth-order valence-corrected chi connectivity index (χ4v) is 2.81. The van der Waals surface area contributed by atoms with E-state index >= 15 is 0 Å². The molecule has 0 aliphatic heterocycles. The van der Waals surface area contributed by atoms with Crippen LogP contribution < -0.4 is 11.1 Å². The summed E-state index contributed by atoms with van der Waals surface area (Å²) < 4.78 is 6.72. The second-order valence-electron chi connectivity index (χ2n) is 4.94. The molecule has 23 heavy (non-hydrogen) atoms. The first-order chi connectivity index (χ1) is 11.0. The Balaban J connectivity index is 2.33. The smallest absolute Gasteiger partial charge is 0.255 e. The van der Waals surface area contributed by atoms with Crippen LogP contribution in [0.4, 0.5) is 5.69 Å². The van der Waals surface area contributed by atoms with E-state index in [0.29, 0.717) is 39.1 Å². The number of halogens is 1. The molecule has 2 aromatic carbocycles. The lowest BCUT2D eigenvalue weighted by atomic mass is 10.0. The molecule has 1 heterocycles. The minimum absolute atomic E-state index is 0.263. The number of nitrogens with zero attached hydrogens (tertiary/aromatic N) is 1. The number of carbonyl (C=O) groups is 1. The molecule has 0 aliphatic rings. The number of rotatable bonds is 2. The van der Waals surface area contributed by atoms with Gasteiger partial charge in [0, 0.05) is 28.2 Å². The monoisotopic (exact) mass is 369 g/mol. The number of fused-ring (bicyclic) bond motifs is 1. The van der Waals surface area contributed by atoms with Crippen molar-refractivity contribution >= 4 is 38.5 Å². The van der Waals surface area contributed by atoms with E-state index in [2.05, 4.69) is 21.2 Å². The number of nitrogens with two attached hydrogens (primary N) is 1. The molecule has 3 aromatic rings. The number of furan rings is 1. The SMILES string of the molecule is CNC(=O)c1c(-c2ccc(C#N)cc2N)oc2ccc(Br)cc12. The highest BCUT2D eigenvalue weighted by molar-refractivity contribution is 9.10. The minimum atomic E-state index is -0.263. The van der Waals surface area contributed by atoms with Crippen molar-refractivity contribution in [3.05, 3.63) is 52.0 Å².